The summed E-state index contributed by atoms with van der Waals surface area (Å²) < 4.78 is 22.8. The molecule has 7 aromatic rings. The van der Waals surface area contributed by atoms with Crippen LogP contribution in [-0.4, -0.2) is 23.9 Å². The van der Waals surface area contributed by atoms with E-state index in [4.69, 9.17) is 18.9 Å². The highest BCUT2D eigenvalue weighted by atomic mass is 16.6. The van der Waals surface area contributed by atoms with Gasteiger partial charge in [-0.25, -0.2) is 19.2 Å². The molecule has 0 aliphatic rings. The Hall–Kier alpha value is -7.58. The zero-order valence-corrected chi connectivity index (χ0v) is 43.6. The summed E-state index contributed by atoms with van der Waals surface area (Å²) in [5.41, 5.74) is 9.30. The van der Waals surface area contributed by atoms with Crippen LogP contribution in [0.1, 0.15) is 167 Å². The molecule has 382 valence electrons. The fourth-order valence-electron chi connectivity index (χ4n) is 8.93. The number of hydrogen-bond acceptors (Lipinski definition) is 8. The lowest BCUT2D eigenvalue weighted by atomic mass is 10.00. The molecule has 0 unspecified atom stereocenters. The van der Waals surface area contributed by atoms with Gasteiger partial charge >= 0.3 is 23.9 Å². The van der Waals surface area contributed by atoms with Gasteiger partial charge in [0, 0.05) is 6.07 Å². The highest BCUT2D eigenvalue weighted by Gasteiger charge is 2.18. The Labute approximate surface area is 438 Å². The average molecular weight is 991 g/mol. The minimum atomic E-state index is -0.647. The Bertz CT molecular complexity index is 2740. The van der Waals surface area contributed by atoms with E-state index in [1.165, 1.54) is 119 Å². The SMILES string of the molecule is CCCCCCCCCc1ccc(-c2ccc(C(=O)Oc3ccc(C(=O)Oc4cccc(OC(=O)c5ccc(OC(=O)c6ccc(-c7ccc(CCCCCCCCC)cc7)cc6)c(C)c5)c4)cc3C)cc2)cc1. The van der Waals surface area contributed by atoms with Crippen molar-refractivity contribution in [2.24, 2.45) is 0 Å². The fourth-order valence-corrected chi connectivity index (χ4v) is 8.93. The number of benzene rings is 7. The Kier molecular flexibility index (Phi) is 20.5. The summed E-state index contributed by atoms with van der Waals surface area (Å²) in [5, 5.41) is 0. The van der Waals surface area contributed by atoms with Crippen LogP contribution in [-0.2, 0) is 12.8 Å². The number of carbonyl (C=O) groups excluding carboxylic acids is 4. The quantitative estimate of drug-likeness (QED) is 0.0300. The molecule has 0 bridgehead atoms. The number of aryl methyl sites for hydroxylation is 4. The monoisotopic (exact) mass is 991 g/mol. The van der Waals surface area contributed by atoms with Crippen molar-refractivity contribution in [3.05, 3.63) is 202 Å². The molecular formula is C66H70O8. The molecule has 0 aliphatic carbocycles. The van der Waals surface area contributed by atoms with Crippen LogP contribution in [0, 0.1) is 13.8 Å². The van der Waals surface area contributed by atoms with E-state index in [1.807, 2.05) is 24.3 Å². The molecule has 7 aromatic carbocycles. The molecule has 74 heavy (non-hydrogen) atoms. The highest BCUT2D eigenvalue weighted by molar-refractivity contribution is 5.95. The van der Waals surface area contributed by atoms with Crippen molar-refractivity contribution in [2.45, 2.75) is 130 Å². The fraction of sp³-hybridized carbons (Fsp3) is 0.303. The molecule has 0 N–H and O–H groups in total. The Morgan fingerprint density at radius 3 is 0.986 bits per heavy atom. The third-order valence-electron chi connectivity index (χ3n) is 13.4. The Morgan fingerprint density at radius 2 is 0.635 bits per heavy atom. The Balaban J connectivity index is 0.853. The van der Waals surface area contributed by atoms with Crippen molar-refractivity contribution < 1.29 is 38.1 Å². The molecule has 0 atom stereocenters. The second-order valence-corrected chi connectivity index (χ2v) is 19.3. The summed E-state index contributed by atoms with van der Waals surface area (Å²) in [6.45, 7) is 7.98. The number of ether oxygens (including phenoxy) is 4. The van der Waals surface area contributed by atoms with Gasteiger partial charge in [-0.05, 0) is 157 Å². The van der Waals surface area contributed by atoms with E-state index in [-0.39, 0.29) is 22.6 Å². The maximum Gasteiger partial charge on any atom is 0.343 e. The lowest BCUT2D eigenvalue weighted by Crippen LogP contribution is -2.12. The summed E-state index contributed by atoms with van der Waals surface area (Å²) >= 11 is 0. The molecule has 0 spiro atoms. The standard InChI is InChI=1S/C66H70O8/c1-5-7-9-11-13-15-17-20-49-24-28-51(29-25-49)53-32-36-55(37-33-53)63(67)73-61-42-40-57(44-47(61)3)65(69)71-59-22-19-23-60(46-59)72-66(70)58-41-43-62(48(4)45-58)74-64(68)56-38-34-54(35-39-56)52-30-26-50(27-31-52)21-18-16-14-12-10-8-6-2/h19,22-46H,5-18,20-21H2,1-4H3. The van der Waals surface area contributed by atoms with Crippen LogP contribution < -0.4 is 18.9 Å². The van der Waals surface area contributed by atoms with Gasteiger partial charge in [-0.15, -0.1) is 0 Å². The molecule has 0 amide bonds. The molecular weight excluding hydrogens is 921 g/mol. The van der Waals surface area contributed by atoms with Gasteiger partial charge in [0.15, 0.2) is 0 Å². The van der Waals surface area contributed by atoms with Gasteiger partial charge in [0.05, 0.1) is 22.3 Å². The summed E-state index contributed by atoms with van der Waals surface area (Å²) in [5.74, 6) is -1.36. The first-order chi connectivity index (χ1) is 36.1. The van der Waals surface area contributed by atoms with E-state index in [0.29, 0.717) is 33.8 Å². The number of hydrogen-bond donors (Lipinski definition) is 0. The smallest absolute Gasteiger partial charge is 0.343 e. The van der Waals surface area contributed by atoms with Crippen LogP contribution in [0.25, 0.3) is 22.3 Å². The topological polar surface area (TPSA) is 105 Å². The first-order valence-electron chi connectivity index (χ1n) is 26.7. The van der Waals surface area contributed by atoms with E-state index < -0.39 is 23.9 Å². The second kappa shape index (κ2) is 28.0. The molecule has 0 heterocycles. The summed E-state index contributed by atoms with van der Waals surface area (Å²) in [6, 6.07) is 47.5. The van der Waals surface area contributed by atoms with Crippen LogP contribution >= 0.6 is 0 Å². The Morgan fingerprint density at radius 1 is 0.324 bits per heavy atom. The van der Waals surface area contributed by atoms with Gasteiger partial charge < -0.3 is 18.9 Å². The van der Waals surface area contributed by atoms with Crippen molar-refractivity contribution >= 4 is 23.9 Å². The molecule has 0 saturated carbocycles. The number of esters is 4. The second-order valence-electron chi connectivity index (χ2n) is 19.3. The van der Waals surface area contributed by atoms with Gasteiger partial charge in [0.2, 0.25) is 0 Å². The van der Waals surface area contributed by atoms with Gasteiger partial charge in [-0.2, -0.15) is 0 Å². The van der Waals surface area contributed by atoms with Crippen LogP contribution in [0.15, 0.2) is 158 Å². The third-order valence-corrected chi connectivity index (χ3v) is 13.4. The largest absolute Gasteiger partial charge is 0.423 e. The molecule has 0 fully saturated rings. The molecule has 8 nitrogen and oxygen atoms in total. The maximum absolute atomic E-state index is 13.2. The van der Waals surface area contributed by atoms with Crippen LogP contribution in [0.2, 0.25) is 0 Å². The molecule has 0 aliphatic heterocycles. The lowest BCUT2D eigenvalue weighted by molar-refractivity contribution is 0.0722. The van der Waals surface area contributed by atoms with E-state index in [9.17, 15) is 19.2 Å². The van der Waals surface area contributed by atoms with Crippen LogP contribution in [0.5, 0.6) is 23.0 Å². The highest BCUT2D eigenvalue weighted by Crippen LogP contribution is 2.28. The van der Waals surface area contributed by atoms with Crippen molar-refractivity contribution in [1.29, 1.82) is 0 Å². The first kappa shape index (κ1) is 54.2. The average Bonchev–Trinajstić information content (AvgIpc) is 3.42. The van der Waals surface area contributed by atoms with Crippen LogP contribution in [0.4, 0.5) is 0 Å². The molecule has 0 aromatic heterocycles. The number of unbranched alkanes of at least 4 members (excludes halogenated alkanes) is 12. The third kappa shape index (κ3) is 16.2. The molecule has 0 saturated heterocycles. The zero-order valence-electron chi connectivity index (χ0n) is 43.6. The van der Waals surface area contributed by atoms with Crippen molar-refractivity contribution in [3.63, 3.8) is 0 Å². The first-order valence-corrected chi connectivity index (χ1v) is 26.7. The van der Waals surface area contributed by atoms with Gasteiger partial charge in [0.25, 0.3) is 0 Å². The predicted molar refractivity (Wildman–Crippen MR) is 296 cm³/mol. The minimum absolute atomic E-state index is 0.162. The summed E-state index contributed by atoms with van der Waals surface area (Å²) in [4.78, 5) is 52.8. The maximum atomic E-state index is 13.2. The van der Waals surface area contributed by atoms with E-state index in [0.717, 1.165) is 35.1 Å². The minimum Gasteiger partial charge on any atom is -0.423 e. The van der Waals surface area contributed by atoms with Crippen molar-refractivity contribution in [1.82, 2.24) is 0 Å². The van der Waals surface area contributed by atoms with Gasteiger partial charge in [0.1, 0.15) is 23.0 Å². The summed E-state index contributed by atoms with van der Waals surface area (Å²) in [7, 11) is 0. The molecule has 7 rings (SSSR count). The van der Waals surface area contributed by atoms with E-state index in [2.05, 4.69) is 62.4 Å². The number of carbonyl (C=O) groups is 4. The molecule has 0 radical (unpaired) electrons. The van der Waals surface area contributed by atoms with Gasteiger partial charge in [-0.3, -0.25) is 0 Å². The molecule has 8 heteroatoms. The van der Waals surface area contributed by atoms with Crippen molar-refractivity contribution in [2.75, 3.05) is 0 Å². The lowest BCUT2D eigenvalue weighted by Gasteiger charge is -2.11. The predicted octanol–water partition coefficient (Wildman–Crippen LogP) is 17.1. The normalized spacial score (nSPS) is 11.0. The van der Waals surface area contributed by atoms with Crippen molar-refractivity contribution in [3.8, 4) is 45.3 Å². The van der Waals surface area contributed by atoms with E-state index in [1.54, 1.807) is 80.6 Å². The zero-order chi connectivity index (χ0) is 52.1. The number of rotatable bonds is 26. The van der Waals surface area contributed by atoms with Crippen LogP contribution in [0.3, 0.4) is 0 Å². The summed E-state index contributed by atoms with van der Waals surface area (Å²) in [6.07, 6.45) is 20.3. The van der Waals surface area contributed by atoms with E-state index >= 15 is 0 Å². The van der Waals surface area contributed by atoms with Gasteiger partial charge in [-0.1, -0.05) is 170 Å².